The van der Waals surface area contributed by atoms with Gasteiger partial charge in [-0.1, -0.05) is 22.5 Å². The molecule has 2 aromatic heterocycles. The monoisotopic (exact) mass is 342 g/mol. The van der Waals surface area contributed by atoms with Crippen molar-refractivity contribution in [2.45, 2.75) is 6.55 Å². The maximum Gasteiger partial charge on any atom is 0.350 e. The molecule has 0 atom stereocenters. The summed E-state index contributed by atoms with van der Waals surface area (Å²) < 4.78 is 44.5. The summed E-state index contributed by atoms with van der Waals surface area (Å²) >= 11 is 5.66. The van der Waals surface area contributed by atoms with Crippen LogP contribution in [0, 0.1) is 5.82 Å². The third kappa shape index (κ3) is 3.21. The number of nitrogens with zero attached hydrogens (tertiary/aromatic N) is 6. The Labute approximate surface area is 131 Å². The molecule has 0 aliphatic rings. The summed E-state index contributed by atoms with van der Waals surface area (Å²) in [4.78, 5) is 7.66. The van der Waals surface area contributed by atoms with Crippen molar-refractivity contribution in [2.75, 3.05) is 0 Å². The fourth-order valence-corrected chi connectivity index (χ4v) is 1.76. The molecule has 0 amide bonds. The number of hydrogen-bond acceptors (Lipinski definition) is 6. The van der Waals surface area contributed by atoms with Gasteiger partial charge in [0.25, 0.3) is 0 Å². The summed E-state index contributed by atoms with van der Waals surface area (Å²) in [6.07, 6.45) is 2.57. The van der Waals surface area contributed by atoms with Crippen LogP contribution in [0.2, 0.25) is 5.02 Å². The Morgan fingerprint density at radius 2 is 1.91 bits per heavy atom. The van der Waals surface area contributed by atoms with Crippen molar-refractivity contribution < 1.29 is 17.9 Å². The first-order valence-corrected chi connectivity index (χ1v) is 6.44. The van der Waals surface area contributed by atoms with Crippen LogP contribution in [-0.4, -0.2) is 30.2 Å². The van der Waals surface area contributed by atoms with E-state index in [0.29, 0.717) is 5.02 Å². The van der Waals surface area contributed by atoms with Crippen LogP contribution in [0.3, 0.4) is 0 Å². The van der Waals surface area contributed by atoms with Gasteiger partial charge in [0.2, 0.25) is 5.82 Å². The summed E-state index contributed by atoms with van der Waals surface area (Å²) in [6, 6.07) is 3.75. The Morgan fingerprint density at radius 3 is 2.57 bits per heavy atom. The zero-order valence-electron chi connectivity index (χ0n) is 11.1. The lowest BCUT2D eigenvalue weighted by atomic mass is 10.2. The molecule has 0 saturated heterocycles. The van der Waals surface area contributed by atoms with Gasteiger partial charge in [0.1, 0.15) is 17.1 Å². The molecule has 0 radical (unpaired) electrons. The highest BCUT2D eigenvalue weighted by Crippen LogP contribution is 2.32. The van der Waals surface area contributed by atoms with Crippen molar-refractivity contribution >= 4 is 11.6 Å². The van der Waals surface area contributed by atoms with Crippen LogP contribution in [0.15, 0.2) is 30.6 Å². The van der Waals surface area contributed by atoms with Gasteiger partial charge >= 0.3 is 12.6 Å². The number of ether oxygens (including phenoxy) is 1. The van der Waals surface area contributed by atoms with E-state index < -0.39 is 12.4 Å². The van der Waals surface area contributed by atoms with Crippen LogP contribution in [0.1, 0.15) is 6.55 Å². The van der Waals surface area contributed by atoms with Crippen LogP contribution < -0.4 is 4.74 Å². The van der Waals surface area contributed by atoms with Crippen LogP contribution in [0.25, 0.3) is 11.4 Å². The average Bonchev–Trinajstić information content (AvgIpc) is 2.99. The summed E-state index contributed by atoms with van der Waals surface area (Å²) in [6.45, 7) is -2.99. The Morgan fingerprint density at radius 1 is 1.17 bits per heavy atom. The number of aromatic nitrogens is 6. The normalized spacial score (nSPS) is 11.0. The first-order chi connectivity index (χ1) is 11.0. The molecule has 0 fully saturated rings. The highest BCUT2D eigenvalue weighted by Gasteiger charge is 2.20. The van der Waals surface area contributed by atoms with Crippen molar-refractivity contribution in [3.63, 3.8) is 0 Å². The van der Waals surface area contributed by atoms with Crippen molar-refractivity contribution in [3.8, 4) is 23.1 Å². The summed E-state index contributed by atoms with van der Waals surface area (Å²) in [5.41, 5.74) is -0.238. The van der Waals surface area contributed by atoms with Gasteiger partial charge in [-0.25, -0.2) is 14.4 Å². The van der Waals surface area contributed by atoms with E-state index in [1.807, 2.05) is 0 Å². The summed E-state index contributed by atoms with van der Waals surface area (Å²) in [5.74, 6) is -1.18. The quantitative estimate of drug-likeness (QED) is 0.725. The fraction of sp³-hybridized carbons (Fsp3) is 0.0833. The molecular weight excluding hydrogens is 337 g/mol. The van der Waals surface area contributed by atoms with E-state index in [2.05, 4.69) is 25.4 Å². The number of hydrogen-bond donors (Lipinski definition) is 0. The lowest BCUT2D eigenvalue weighted by Crippen LogP contribution is -2.02. The van der Waals surface area contributed by atoms with Crippen LogP contribution in [-0.2, 0) is 0 Å². The van der Waals surface area contributed by atoms with Gasteiger partial charge in [-0.15, -0.1) is 10.2 Å². The van der Waals surface area contributed by atoms with Gasteiger partial charge in [-0.2, -0.15) is 8.78 Å². The zero-order valence-corrected chi connectivity index (χ0v) is 11.8. The molecule has 0 aliphatic carbocycles. The van der Waals surface area contributed by atoms with Crippen LogP contribution in [0.5, 0.6) is 11.8 Å². The Hall–Kier alpha value is -2.75. The highest BCUT2D eigenvalue weighted by atomic mass is 35.5. The second kappa shape index (κ2) is 6.16. The Balaban J connectivity index is 2.00. The first-order valence-electron chi connectivity index (χ1n) is 6.06. The maximum atomic E-state index is 14.1. The molecule has 11 heteroatoms. The molecule has 3 rings (SSSR count). The number of benzene rings is 1. The minimum absolute atomic E-state index is 0.0545. The van der Waals surface area contributed by atoms with Gasteiger partial charge < -0.3 is 4.74 Å². The second-order valence-corrected chi connectivity index (χ2v) is 4.55. The molecule has 0 N–H and O–H groups in total. The van der Waals surface area contributed by atoms with E-state index in [0.717, 1.165) is 6.07 Å². The molecule has 1 aromatic carbocycles. The van der Waals surface area contributed by atoms with E-state index in [1.54, 1.807) is 0 Å². The lowest BCUT2D eigenvalue weighted by molar-refractivity contribution is 0.0397. The van der Waals surface area contributed by atoms with Gasteiger partial charge in [-0.05, 0) is 17.3 Å². The molecule has 0 saturated carbocycles. The third-order valence-corrected chi connectivity index (χ3v) is 2.79. The number of halogens is 4. The largest absolute Gasteiger partial charge is 0.423 e. The van der Waals surface area contributed by atoms with Crippen molar-refractivity contribution in [3.05, 3.63) is 41.4 Å². The predicted molar refractivity (Wildman–Crippen MR) is 71.6 cm³/mol. The van der Waals surface area contributed by atoms with E-state index in [-0.39, 0.29) is 27.9 Å². The topological polar surface area (TPSA) is 78.6 Å². The number of rotatable bonds is 4. The van der Waals surface area contributed by atoms with Crippen molar-refractivity contribution in [1.82, 2.24) is 30.2 Å². The van der Waals surface area contributed by atoms with Crippen LogP contribution >= 0.6 is 11.6 Å². The molecule has 0 aliphatic heterocycles. The highest BCUT2D eigenvalue weighted by molar-refractivity contribution is 6.30. The molecule has 0 bridgehead atoms. The lowest BCUT2D eigenvalue weighted by Gasteiger charge is -2.08. The maximum absolute atomic E-state index is 14.1. The van der Waals surface area contributed by atoms with Gasteiger partial charge in [0.15, 0.2) is 0 Å². The molecule has 0 unspecified atom stereocenters. The van der Waals surface area contributed by atoms with E-state index in [4.69, 9.17) is 16.3 Å². The second-order valence-electron chi connectivity index (χ2n) is 4.11. The molecule has 23 heavy (non-hydrogen) atoms. The third-order valence-electron chi connectivity index (χ3n) is 2.60. The summed E-state index contributed by atoms with van der Waals surface area (Å²) in [5, 5.41) is 10.3. The van der Waals surface area contributed by atoms with Crippen LogP contribution in [0.4, 0.5) is 13.2 Å². The molecule has 0 spiro atoms. The minimum Gasteiger partial charge on any atom is -0.423 e. The Bertz CT molecular complexity index is 826. The number of tetrazole rings is 1. The zero-order chi connectivity index (χ0) is 16.4. The SMILES string of the molecule is Fc1cccc(Oc2ncc(Cl)cn2)c1-c1nnn(C(F)F)n1. The van der Waals surface area contributed by atoms with Gasteiger partial charge in [0, 0.05) is 0 Å². The van der Waals surface area contributed by atoms with E-state index >= 15 is 0 Å². The molecule has 118 valence electrons. The predicted octanol–water partition coefficient (Wildman–Crippen LogP) is 3.11. The van der Waals surface area contributed by atoms with Gasteiger partial charge in [0.05, 0.1) is 17.4 Å². The first kappa shape index (κ1) is 15.2. The molecule has 7 nitrogen and oxygen atoms in total. The van der Waals surface area contributed by atoms with Crippen molar-refractivity contribution in [1.29, 1.82) is 0 Å². The number of alkyl halides is 2. The van der Waals surface area contributed by atoms with Gasteiger partial charge in [-0.3, -0.25) is 0 Å². The van der Waals surface area contributed by atoms with E-state index in [1.165, 1.54) is 24.5 Å². The van der Waals surface area contributed by atoms with E-state index in [9.17, 15) is 13.2 Å². The smallest absolute Gasteiger partial charge is 0.350 e. The Kier molecular flexibility index (Phi) is 4.06. The average molecular weight is 343 g/mol. The minimum atomic E-state index is -2.99. The van der Waals surface area contributed by atoms with Crippen molar-refractivity contribution in [2.24, 2.45) is 0 Å². The summed E-state index contributed by atoms with van der Waals surface area (Å²) in [7, 11) is 0. The fourth-order valence-electron chi connectivity index (χ4n) is 1.67. The molecule has 2 heterocycles. The standard InChI is InChI=1S/C12H6ClF3N6O/c13-6-4-17-12(18-5-6)23-8-3-1-2-7(14)9(8)10-19-21-22(20-10)11(15)16/h1-5,11H. The molecule has 3 aromatic rings. The molecular formula is C12H6ClF3N6O.